The standard InChI is InChI=1S/C17H18N4O4S/c1-9-5-12(13(6-10(9)2)19-11(3)22)8-18-21-17-20-16(24)14(26-17)7-15(23)25-4/h5-8H,1-4H3,(H,19,22)(H,20,21,24)/b14-7+,18-8?. The minimum Gasteiger partial charge on any atom is -0.466 e. The maximum Gasteiger partial charge on any atom is 0.331 e. The first-order valence-electron chi connectivity index (χ1n) is 7.59. The fourth-order valence-electron chi connectivity index (χ4n) is 2.03. The van der Waals surface area contributed by atoms with Gasteiger partial charge in [0.1, 0.15) is 0 Å². The van der Waals surface area contributed by atoms with Gasteiger partial charge >= 0.3 is 5.97 Å². The molecule has 0 saturated carbocycles. The van der Waals surface area contributed by atoms with Gasteiger partial charge in [-0.15, -0.1) is 5.10 Å². The first-order chi connectivity index (χ1) is 12.3. The fourth-order valence-corrected chi connectivity index (χ4v) is 2.77. The average Bonchev–Trinajstić information content (AvgIpc) is 2.91. The van der Waals surface area contributed by atoms with E-state index >= 15 is 0 Å². The zero-order valence-corrected chi connectivity index (χ0v) is 15.6. The van der Waals surface area contributed by atoms with Crippen molar-refractivity contribution in [2.75, 3.05) is 12.4 Å². The SMILES string of the molecule is COC(=O)/C=C1/S/C(=N\N=Cc2cc(C)c(C)cc2NC(C)=O)NC1=O. The first-order valence-corrected chi connectivity index (χ1v) is 8.40. The molecule has 1 aliphatic rings. The summed E-state index contributed by atoms with van der Waals surface area (Å²) in [6, 6.07) is 3.74. The highest BCUT2D eigenvalue weighted by Crippen LogP contribution is 2.24. The molecule has 2 amide bonds. The molecule has 1 saturated heterocycles. The molecule has 9 heteroatoms. The van der Waals surface area contributed by atoms with E-state index in [0.717, 1.165) is 29.0 Å². The Morgan fingerprint density at radius 2 is 1.96 bits per heavy atom. The van der Waals surface area contributed by atoms with Crippen LogP contribution in [0.5, 0.6) is 0 Å². The van der Waals surface area contributed by atoms with Crippen LogP contribution in [0.1, 0.15) is 23.6 Å². The summed E-state index contributed by atoms with van der Waals surface area (Å²) in [6.45, 7) is 5.32. The Kier molecular flexibility index (Phi) is 6.29. The molecule has 1 fully saturated rings. The van der Waals surface area contributed by atoms with Crippen LogP contribution in [0, 0.1) is 13.8 Å². The van der Waals surface area contributed by atoms with Crippen molar-refractivity contribution in [1.82, 2.24) is 5.32 Å². The van der Waals surface area contributed by atoms with Gasteiger partial charge in [0.15, 0.2) is 5.17 Å². The maximum atomic E-state index is 11.7. The molecule has 1 heterocycles. The Labute approximate surface area is 154 Å². The van der Waals surface area contributed by atoms with Gasteiger partial charge in [-0.2, -0.15) is 5.10 Å². The van der Waals surface area contributed by atoms with Gasteiger partial charge in [0.2, 0.25) is 5.91 Å². The zero-order valence-electron chi connectivity index (χ0n) is 14.7. The molecule has 2 N–H and O–H groups in total. The van der Waals surface area contributed by atoms with E-state index in [1.54, 1.807) is 0 Å². The van der Waals surface area contributed by atoms with Crippen LogP contribution in [0.2, 0.25) is 0 Å². The monoisotopic (exact) mass is 374 g/mol. The smallest absolute Gasteiger partial charge is 0.331 e. The number of nitrogens with one attached hydrogen (secondary N) is 2. The van der Waals surface area contributed by atoms with Crippen molar-refractivity contribution in [1.29, 1.82) is 0 Å². The number of nitrogens with zero attached hydrogens (tertiary/aromatic N) is 2. The van der Waals surface area contributed by atoms with E-state index in [0.29, 0.717) is 11.3 Å². The van der Waals surface area contributed by atoms with Gasteiger partial charge in [-0.3, -0.25) is 14.9 Å². The Bertz CT molecular complexity index is 859. The molecular weight excluding hydrogens is 356 g/mol. The lowest BCUT2D eigenvalue weighted by molar-refractivity contribution is -0.135. The number of amides is 2. The van der Waals surface area contributed by atoms with Crippen LogP contribution in [0.25, 0.3) is 0 Å². The van der Waals surface area contributed by atoms with Gasteiger partial charge < -0.3 is 10.1 Å². The number of ether oxygens (including phenoxy) is 1. The Balaban J connectivity index is 2.20. The van der Waals surface area contributed by atoms with Crippen molar-refractivity contribution in [3.8, 4) is 0 Å². The van der Waals surface area contributed by atoms with Gasteiger partial charge in [-0.1, -0.05) is 0 Å². The third-order valence-electron chi connectivity index (χ3n) is 3.42. The normalized spacial score (nSPS) is 17.0. The molecular formula is C17H18N4O4S. The lowest BCUT2D eigenvalue weighted by atomic mass is 10.0. The summed E-state index contributed by atoms with van der Waals surface area (Å²) >= 11 is 0.984. The summed E-state index contributed by atoms with van der Waals surface area (Å²) in [4.78, 5) is 34.5. The van der Waals surface area contributed by atoms with Gasteiger partial charge in [-0.25, -0.2) is 4.79 Å². The van der Waals surface area contributed by atoms with E-state index in [9.17, 15) is 14.4 Å². The highest BCUT2D eigenvalue weighted by Gasteiger charge is 2.25. The Morgan fingerprint density at radius 3 is 2.62 bits per heavy atom. The summed E-state index contributed by atoms with van der Waals surface area (Å²) < 4.78 is 4.49. The molecule has 0 radical (unpaired) electrons. The molecule has 0 aromatic heterocycles. The number of hydrogen-bond acceptors (Lipinski definition) is 7. The lowest BCUT2D eigenvalue weighted by Crippen LogP contribution is -2.19. The number of methoxy groups -OCH3 is 1. The predicted octanol–water partition coefficient (Wildman–Crippen LogP) is 1.87. The van der Waals surface area contributed by atoms with Crippen molar-refractivity contribution in [2.45, 2.75) is 20.8 Å². The molecule has 0 unspecified atom stereocenters. The molecule has 0 aliphatic carbocycles. The van der Waals surface area contributed by atoms with Gasteiger partial charge in [0, 0.05) is 24.3 Å². The summed E-state index contributed by atoms with van der Waals surface area (Å²) in [5.74, 6) is -1.26. The first kappa shape index (κ1) is 19.4. The Hall–Kier alpha value is -2.94. The highest BCUT2D eigenvalue weighted by atomic mass is 32.2. The van der Waals surface area contributed by atoms with Crippen LogP contribution < -0.4 is 10.6 Å². The number of anilines is 1. The summed E-state index contributed by atoms with van der Waals surface area (Å²) in [5, 5.41) is 13.4. The van der Waals surface area contributed by atoms with Crippen molar-refractivity contribution in [3.63, 3.8) is 0 Å². The summed E-state index contributed by atoms with van der Waals surface area (Å²) in [7, 11) is 1.23. The van der Waals surface area contributed by atoms with E-state index in [2.05, 4.69) is 25.6 Å². The number of aryl methyl sites for hydroxylation is 2. The second-order valence-corrected chi connectivity index (χ2v) is 6.47. The topological polar surface area (TPSA) is 109 Å². The number of hydrogen-bond donors (Lipinski definition) is 2. The summed E-state index contributed by atoms with van der Waals surface area (Å²) in [5.41, 5.74) is 3.39. The van der Waals surface area contributed by atoms with E-state index in [-0.39, 0.29) is 16.0 Å². The molecule has 136 valence electrons. The predicted molar refractivity (Wildman–Crippen MR) is 101 cm³/mol. The molecule has 1 aromatic carbocycles. The number of amidine groups is 1. The van der Waals surface area contributed by atoms with Crippen LogP contribution in [0.4, 0.5) is 5.69 Å². The number of benzene rings is 1. The summed E-state index contributed by atoms with van der Waals surface area (Å²) in [6.07, 6.45) is 2.57. The van der Waals surface area contributed by atoms with E-state index in [1.165, 1.54) is 20.2 Å². The van der Waals surface area contributed by atoms with Gasteiger partial charge in [0.05, 0.1) is 18.2 Å². The molecule has 0 spiro atoms. The number of thioether (sulfide) groups is 1. The minimum absolute atomic E-state index is 0.177. The largest absolute Gasteiger partial charge is 0.466 e. The van der Waals surface area contributed by atoms with Crippen LogP contribution in [0.3, 0.4) is 0 Å². The van der Waals surface area contributed by atoms with Crippen LogP contribution in [-0.4, -0.2) is 36.3 Å². The van der Waals surface area contributed by atoms with Gasteiger partial charge in [-0.05, 0) is 48.9 Å². The molecule has 2 rings (SSSR count). The van der Waals surface area contributed by atoms with Crippen molar-refractivity contribution in [3.05, 3.63) is 39.8 Å². The number of carbonyl (C=O) groups is 3. The maximum absolute atomic E-state index is 11.7. The van der Waals surface area contributed by atoms with Crippen molar-refractivity contribution in [2.24, 2.45) is 10.2 Å². The molecule has 0 bridgehead atoms. The molecule has 1 aromatic rings. The molecule has 0 atom stereocenters. The zero-order chi connectivity index (χ0) is 19.3. The third-order valence-corrected chi connectivity index (χ3v) is 4.32. The van der Waals surface area contributed by atoms with E-state index in [1.807, 2.05) is 26.0 Å². The lowest BCUT2D eigenvalue weighted by Gasteiger charge is -2.09. The number of esters is 1. The van der Waals surface area contributed by atoms with Crippen molar-refractivity contribution >= 4 is 46.6 Å². The second kappa shape index (κ2) is 8.43. The number of rotatable bonds is 4. The quantitative estimate of drug-likeness (QED) is 0.362. The van der Waals surface area contributed by atoms with Crippen LogP contribution in [-0.2, 0) is 19.1 Å². The van der Waals surface area contributed by atoms with Crippen molar-refractivity contribution < 1.29 is 19.1 Å². The van der Waals surface area contributed by atoms with Crippen LogP contribution >= 0.6 is 11.8 Å². The fraction of sp³-hybridized carbons (Fsp3) is 0.235. The van der Waals surface area contributed by atoms with E-state index < -0.39 is 11.9 Å². The van der Waals surface area contributed by atoms with E-state index in [4.69, 9.17) is 0 Å². The molecule has 26 heavy (non-hydrogen) atoms. The molecule has 8 nitrogen and oxygen atoms in total. The minimum atomic E-state index is -0.623. The van der Waals surface area contributed by atoms with Gasteiger partial charge in [0.25, 0.3) is 5.91 Å². The number of carbonyl (C=O) groups excluding carboxylic acids is 3. The second-order valence-electron chi connectivity index (χ2n) is 5.44. The average molecular weight is 374 g/mol. The van der Waals surface area contributed by atoms with Crippen LogP contribution in [0.15, 0.2) is 33.3 Å². The highest BCUT2D eigenvalue weighted by molar-refractivity contribution is 8.18. The third kappa shape index (κ3) is 5.03. The Morgan fingerprint density at radius 1 is 1.27 bits per heavy atom. The molecule has 1 aliphatic heterocycles.